The minimum atomic E-state index is -0.756. The molecule has 1 unspecified atom stereocenters. The molecule has 0 aliphatic heterocycles. The van der Waals surface area contributed by atoms with Crippen molar-refractivity contribution >= 4 is 46.7 Å². The first kappa shape index (κ1) is 30.4. The van der Waals surface area contributed by atoms with Crippen molar-refractivity contribution in [1.29, 1.82) is 5.26 Å². The van der Waals surface area contributed by atoms with Crippen molar-refractivity contribution in [3.63, 3.8) is 0 Å². The molecule has 0 bridgehead atoms. The number of para-hydroxylation sites is 1. The van der Waals surface area contributed by atoms with Gasteiger partial charge in [0.1, 0.15) is 11.4 Å². The van der Waals surface area contributed by atoms with E-state index in [1.54, 1.807) is 25.9 Å². The van der Waals surface area contributed by atoms with E-state index in [2.05, 4.69) is 44.6 Å². The highest BCUT2D eigenvalue weighted by Gasteiger charge is 2.24. The predicted octanol–water partition coefficient (Wildman–Crippen LogP) is 4.84. The summed E-state index contributed by atoms with van der Waals surface area (Å²) in [5, 5.41) is 14.7. The van der Waals surface area contributed by atoms with Gasteiger partial charge in [-0.15, -0.1) is 11.6 Å². The lowest BCUT2D eigenvalue weighted by Gasteiger charge is -2.31. The number of rotatable bonds is 10. The quantitative estimate of drug-likeness (QED) is 0.425. The van der Waals surface area contributed by atoms with Crippen molar-refractivity contribution in [2.24, 2.45) is 0 Å². The van der Waals surface area contributed by atoms with Crippen LogP contribution in [0.25, 0.3) is 0 Å². The molecule has 0 aliphatic carbocycles. The molecule has 1 heterocycles. The Hall–Kier alpha value is -2.67. The zero-order valence-corrected chi connectivity index (χ0v) is 23.0. The third-order valence-electron chi connectivity index (χ3n) is 4.82. The van der Waals surface area contributed by atoms with Gasteiger partial charge in [-0.25, -0.2) is 0 Å². The fourth-order valence-corrected chi connectivity index (χ4v) is 3.56. The number of alkyl halides is 1. The lowest BCUT2D eigenvalue weighted by Crippen LogP contribution is -2.43. The maximum Gasteiger partial charge on any atom is 0.242 e. The number of carbonyl (C=O) groups is 1. The Labute approximate surface area is 218 Å². The fraction of sp³-hybridized carbons (Fsp3) is 0.542. The van der Waals surface area contributed by atoms with Crippen LogP contribution in [-0.4, -0.2) is 58.6 Å². The molecule has 1 aromatic carbocycles. The first-order chi connectivity index (χ1) is 16.5. The molecule has 2 N–H and O–H groups in total. The van der Waals surface area contributed by atoms with Crippen LogP contribution < -0.4 is 15.5 Å². The van der Waals surface area contributed by atoms with E-state index in [9.17, 15) is 4.79 Å². The Bertz CT molecular complexity index is 1010. The number of methoxy groups -OCH3 is 1. The number of halogens is 2. The molecule has 1 amide bonds. The summed E-state index contributed by atoms with van der Waals surface area (Å²) in [6, 6.07) is 8.13. The number of nitrogens with one attached hydrogen (secondary N) is 2. The molecule has 9 nitrogen and oxygen atoms in total. The molecule has 0 radical (unpaired) electrons. The minimum absolute atomic E-state index is 0.0223. The number of nitriles is 1. The number of hydrogen-bond acceptors (Lipinski definition) is 8. The lowest BCUT2D eigenvalue weighted by molar-refractivity contribution is -0.116. The number of nitrogens with zero attached hydrogens (tertiary/aromatic N) is 5. The van der Waals surface area contributed by atoms with Crippen LogP contribution in [0, 0.1) is 18.3 Å². The van der Waals surface area contributed by atoms with Crippen LogP contribution in [0.5, 0.6) is 0 Å². The summed E-state index contributed by atoms with van der Waals surface area (Å²) in [7, 11) is 1.64. The normalized spacial score (nSPS) is 11.5. The molecule has 0 spiro atoms. The smallest absolute Gasteiger partial charge is 0.242 e. The minimum Gasteiger partial charge on any atom is -0.383 e. The van der Waals surface area contributed by atoms with E-state index in [4.69, 9.17) is 33.2 Å². The van der Waals surface area contributed by atoms with Gasteiger partial charge in [-0.3, -0.25) is 4.79 Å². The van der Waals surface area contributed by atoms with Gasteiger partial charge < -0.3 is 20.3 Å². The Morgan fingerprint density at radius 3 is 2.46 bits per heavy atom. The number of aryl methyl sites for hydroxylation is 2. The summed E-state index contributed by atoms with van der Waals surface area (Å²) >= 11 is 11.5. The fourth-order valence-electron chi connectivity index (χ4n) is 3.27. The van der Waals surface area contributed by atoms with Gasteiger partial charge in [-0.1, -0.05) is 25.1 Å². The number of amides is 1. The third-order valence-corrected chi connectivity index (χ3v) is 5.22. The molecule has 0 saturated heterocycles. The van der Waals surface area contributed by atoms with Crippen molar-refractivity contribution in [1.82, 2.24) is 15.0 Å². The molecule has 1 atom stereocenters. The Morgan fingerprint density at radius 2 is 1.91 bits per heavy atom. The van der Waals surface area contributed by atoms with E-state index in [1.807, 2.05) is 32.9 Å². The summed E-state index contributed by atoms with van der Waals surface area (Å²) in [6.45, 7) is 12.6. The van der Waals surface area contributed by atoms with Crippen molar-refractivity contribution in [2.75, 3.05) is 41.7 Å². The molecular formula is C24H35Cl2N7O2. The number of anilines is 3. The molecule has 11 heteroatoms. The topological polar surface area (TPSA) is 116 Å². The molecule has 0 aliphatic rings. The van der Waals surface area contributed by atoms with Crippen LogP contribution in [-0.2, 0) is 16.0 Å². The highest BCUT2D eigenvalue weighted by Crippen LogP contribution is 2.28. The second-order valence-electron chi connectivity index (χ2n) is 8.28. The molecule has 2 aromatic rings. The summed E-state index contributed by atoms with van der Waals surface area (Å²) in [5.41, 5.74) is 2.45. The van der Waals surface area contributed by atoms with Crippen molar-refractivity contribution in [3.05, 3.63) is 34.6 Å². The SMILES string of the molecule is CCNc1nc(Cl)nc(NC(C)(C)C#N)n1.CCc1cccc(C)c1N(C(=O)CCl)C(C)COC. The highest BCUT2D eigenvalue weighted by atomic mass is 35.5. The summed E-state index contributed by atoms with van der Waals surface area (Å²) in [4.78, 5) is 25.8. The van der Waals surface area contributed by atoms with Crippen molar-refractivity contribution in [2.45, 2.75) is 59.5 Å². The summed E-state index contributed by atoms with van der Waals surface area (Å²) in [5.74, 6) is 0.558. The van der Waals surface area contributed by atoms with Crippen LogP contribution in [0.4, 0.5) is 17.6 Å². The number of hydrogen-bond donors (Lipinski definition) is 2. The molecule has 35 heavy (non-hydrogen) atoms. The van der Waals surface area contributed by atoms with Crippen LogP contribution in [0.15, 0.2) is 18.2 Å². The lowest BCUT2D eigenvalue weighted by atomic mass is 10.0. The average molecular weight is 524 g/mol. The first-order valence-electron chi connectivity index (χ1n) is 11.3. The van der Waals surface area contributed by atoms with Gasteiger partial charge >= 0.3 is 0 Å². The molecule has 1 aromatic heterocycles. The number of ether oxygens (including phenoxy) is 1. The number of benzene rings is 1. The van der Waals surface area contributed by atoms with Crippen molar-refractivity contribution < 1.29 is 9.53 Å². The third kappa shape index (κ3) is 9.48. The van der Waals surface area contributed by atoms with E-state index >= 15 is 0 Å². The van der Waals surface area contributed by atoms with Gasteiger partial charge in [0.05, 0.1) is 24.4 Å². The molecule has 0 fully saturated rings. The zero-order chi connectivity index (χ0) is 26.6. The van der Waals surface area contributed by atoms with Crippen LogP contribution in [0.1, 0.15) is 45.7 Å². The predicted molar refractivity (Wildman–Crippen MR) is 142 cm³/mol. The Morgan fingerprint density at radius 1 is 1.26 bits per heavy atom. The van der Waals surface area contributed by atoms with E-state index in [-0.39, 0.29) is 29.1 Å². The molecule has 192 valence electrons. The van der Waals surface area contributed by atoms with Gasteiger partial charge in [0.2, 0.25) is 23.1 Å². The van der Waals surface area contributed by atoms with Gasteiger partial charge in [0.25, 0.3) is 0 Å². The summed E-state index contributed by atoms with van der Waals surface area (Å²) < 4.78 is 5.18. The number of carbonyl (C=O) groups excluding carboxylic acids is 1. The Kier molecular flexibility index (Phi) is 12.7. The highest BCUT2D eigenvalue weighted by molar-refractivity contribution is 6.29. The molecule has 2 rings (SSSR count). The maximum atomic E-state index is 12.2. The van der Waals surface area contributed by atoms with Gasteiger partial charge in [0, 0.05) is 13.7 Å². The Balaban J connectivity index is 0.000000355. The second kappa shape index (κ2) is 14.7. The maximum absolute atomic E-state index is 12.2. The van der Waals surface area contributed by atoms with E-state index < -0.39 is 5.54 Å². The van der Waals surface area contributed by atoms with E-state index in [1.165, 1.54) is 0 Å². The zero-order valence-electron chi connectivity index (χ0n) is 21.4. The largest absolute Gasteiger partial charge is 0.383 e. The average Bonchev–Trinajstić information content (AvgIpc) is 2.80. The van der Waals surface area contributed by atoms with E-state index in [0.717, 1.165) is 23.2 Å². The molecular weight excluding hydrogens is 489 g/mol. The van der Waals surface area contributed by atoms with Gasteiger partial charge in [-0.05, 0) is 63.8 Å². The van der Waals surface area contributed by atoms with Crippen molar-refractivity contribution in [3.8, 4) is 6.07 Å². The van der Waals surface area contributed by atoms with Crippen LogP contribution >= 0.6 is 23.2 Å². The molecule has 0 saturated carbocycles. The number of aromatic nitrogens is 3. The van der Waals surface area contributed by atoms with Crippen LogP contribution in [0.2, 0.25) is 5.28 Å². The monoisotopic (exact) mass is 523 g/mol. The standard InChI is InChI=1S/C15H22ClNO2.C9H13ClN6/c1-5-13-8-6-7-11(2)15(13)17(14(18)9-16)12(3)10-19-4;1-4-12-7-13-6(10)14-8(15-7)16-9(2,3)5-11/h6-8,12H,5,9-10H2,1-4H3;4H2,1-3H3,(H2,12,13,14,15,16). The van der Waals surface area contributed by atoms with E-state index in [0.29, 0.717) is 19.1 Å². The van der Waals surface area contributed by atoms with Gasteiger partial charge in [-0.2, -0.15) is 20.2 Å². The van der Waals surface area contributed by atoms with Gasteiger partial charge in [0.15, 0.2) is 0 Å². The van der Waals surface area contributed by atoms with Crippen LogP contribution in [0.3, 0.4) is 0 Å². The first-order valence-corrected chi connectivity index (χ1v) is 12.2. The second-order valence-corrected chi connectivity index (χ2v) is 8.89. The summed E-state index contributed by atoms with van der Waals surface area (Å²) in [6.07, 6.45) is 0.878.